The highest BCUT2D eigenvalue weighted by atomic mass is 19.1. The molecule has 0 aliphatic heterocycles. The fraction of sp³-hybridized carbons (Fsp3) is 0.310. The van der Waals surface area contributed by atoms with Crippen LogP contribution < -0.4 is 10.1 Å². The Morgan fingerprint density at radius 2 is 1.84 bits per heavy atom. The maximum atomic E-state index is 14.0. The predicted octanol–water partition coefficient (Wildman–Crippen LogP) is 4.41. The van der Waals surface area contributed by atoms with Gasteiger partial charge in [0.25, 0.3) is 0 Å². The fourth-order valence-corrected chi connectivity index (χ4v) is 5.00. The highest BCUT2D eigenvalue weighted by Gasteiger charge is 2.34. The van der Waals surface area contributed by atoms with E-state index < -0.39 is 6.04 Å². The van der Waals surface area contributed by atoms with Crippen molar-refractivity contribution in [3.63, 3.8) is 0 Å². The highest BCUT2D eigenvalue weighted by molar-refractivity contribution is 5.89. The molecule has 1 aliphatic carbocycles. The second-order valence-corrected chi connectivity index (χ2v) is 9.55. The number of fused-ring (bicyclic) bond motifs is 1. The first-order valence-electron chi connectivity index (χ1n) is 12.8. The number of carbonyl (C=O) groups is 2. The zero-order valence-electron chi connectivity index (χ0n) is 21.2. The Bertz CT molecular complexity index is 1420. The third kappa shape index (κ3) is 5.66. The number of rotatable bonds is 9. The fourth-order valence-electron chi connectivity index (χ4n) is 5.00. The summed E-state index contributed by atoms with van der Waals surface area (Å²) in [6.07, 6.45) is 3.94. The minimum Gasteiger partial charge on any atom is -0.497 e. The highest BCUT2D eigenvalue weighted by Crippen LogP contribution is 2.29. The van der Waals surface area contributed by atoms with E-state index in [1.165, 1.54) is 21.7 Å². The van der Waals surface area contributed by atoms with Crippen LogP contribution in [0.4, 0.5) is 4.39 Å². The molecule has 196 valence electrons. The summed E-state index contributed by atoms with van der Waals surface area (Å²) in [6, 6.07) is 19.7. The summed E-state index contributed by atoms with van der Waals surface area (Å²) in [7, 11) is 1.56. The van der Waals surface area contributed by atoms with E-state index in [4.69, 9.17) is 4.74 Å². The molecule has 0 unspecified atom stereocenters. The summed E-state index contributed by atoms with van der Waals surface area (Å²) >= 11 is 0. The largest absolute Gasteiger partial charge is 0.497 e. The van der Waals surface area contributed by atoms with E-state index in [1.54, 1.807) is 37.4 Å². The first kappa shape index (κ1) is 25.4. The summed E-state index contributed by atoms with van der Waals surface area (Å²) in [6.45, 7) is -0.00933. The molecule has 1 aliphatic rings. The number of nitrogens with one attached hydrogen (secondary N) is 1. The Kier molecular flexibility index (Phi) is 7.62. The predicted molar refractivity (Wildman–Crippen MR) is 141 cm³/mol. The molecule has 1 aromatic heterocycles. The average molecular weight is 516 g/mol. The number of methoxy groups -OCH3 is 1. The SMILES string of the molecule is COc1cccc([C@@H](C(=O)NC2CCCC2)N(Cc2ccc(F)cc2)C(=O)Cn2nnc3ccccc32)c1. The van der Waals surface area contributed by atoms with Crippen molar-refractivity contribution in [3.05, 3.63) is 89.7 Å². The van der Waals surface area contributed by atoms with E-state index in [0.717, 1.165) is 31.2 Å². The molecular weight excluding hydrogens is 485 g/mol. The lowest BCUT2D eigenvalue weighted by Gasteiger charge is -2.32. The van der Waals surface area contributed by atoms with Gasteiger partial charge >= 0.3 is 0 Å². The van der Waals surface area contributed by atoms with Crippen LogP contribution >= 0.6 is 0 Å². The molecule has 8 nitrogen and oxygen atoms in total. The normalized spacial score (nSPS) is 14.4. The molecule has 1 saturated carbocycles. The van der Waals surface area contributed by atoms with Gasteiger partial charge in [-0.25, -0.2) is 9.07 Å². The number of para-hydroxylation sites is 1. The number of amides is 2. The van der Waals surface area contributed by atoms with Crippen molar-refractivity contribution in [2.24, 2.45) is 0 Å². The van der Waals surface area contributed by atoms with E-state index in [2.05, 4.69) is 15.6 Å². The number of hydrogen-bond acceptors (Lipinski definition) is 5. The summed E-state index contributed by atoms with van der Waals surface area (Å²) in [5.41, 5.74) is 2.72. The molecule has 4 aromatic rings. The molecule has 0 spiro atoms. The van der Waals surface area contributed by atoms with Crippen LogP contribution in [0, 0.1) is 5.82 Å². The standard InChI is InChI=1S/C29H30FN5O3/c1-38-24-10-6-7-21(17-24)28(29(37)31-23-8-2-3-9-23)34(18-20-13-15-22(30)16-14-20)27(36)19-35-26-12-5-4-11-25(26)32-33-35/h4-7,10-17,23,28H,2-3,8-9,18-19H2,1H3,(H,31,37)/t28-/m0/s1. The Hall–Kier alpha value is -4.27. The number of halogens is 1. The minimum absolute atomic E-state index is 0.0673. The molecule has 0 radical (unpaired) electrons. The van der Waals surface area contributed by atoms with Crippen molar-refractivity contribution in [3.8, 4) is 5.75 Å². The van der Waals surface area contributed by atoms with E-state index in [9.17, 15) is 14.0 Å². The number of nitrogens with zero attached hydrogens (tertiary/aromatic N) is 4. The molecule has 1 heterocycles. The van der Waals surface area contributed by atoms with Gasteiger partial charge < -0.3 is 15.0 Å². The quantitative estimate of drug-likeness (QED) is 0.357. The van der Waals surface area contributed by atoms with E-state index in [0.29, 0.717) is 22.4 Å². The lowest BCUT2D eigenvalue weighted by Crippen LogP contribution is -2.46. The first-order valence-corrected chi connectivity index (χ1v) is 12.8. The molecular formula is C29H30FN5O3. The van der Waals surface area contributed by atoms with Crippen LogP contribution in [0.1, 0.15) is 42.9 Å². The van der Waals surface area contributed by atoms with Gasteiger partial charge in [-0.1, -0.05) is 54.5 Å². The van der Waals surface area contributed by atoms with Gasteiger partial charge in [0.05, 0.1) is 12.6 Å². The number of carbonyl (C=O) groups excluding carboxylic acids is 2. The van der Waals surface area contributed by atoms with E-state index in [1.807, 2.05) is 30.3 Å². The Morgan fingerprint density at radius 1 is 1.08 bits per heavy atom. The van der Waals surface area contributed by atoms with Gasteiger partial charge in [0, 0.05) is 12.6 Å². The molecule has 5 rings (SSSR count). The maximum Gasteiger partial charge on any atom is 0.247 e. The van der Waals surface area contributed by atoms with Crippen molar-refractivity contribution in [2.45, 2.75) is 50.9 Å². The maximum absolute atomic E-state index is 14.0. The van der Waals surface area contributed by atoms with Crippen molar-refractivity contribution < 1.29 is 18.7 Å². The number of ether oxygens (including phenoxy) is 1. The van der Waals surface area contributed by atoms with Crippen LogP contribution in [0.25, 0.3) is 11.0 Å². The van der Waals surface area contributed by atoms with Crippen LogP contribution in [0.15, 0.2) is 72.8 Å². The lowest BCUT2D eigenvalue weighted by molar-refractivity contribution is -0.142. The monoisotopic (exact) mass is 515 g/mol. The number of aromatic nitrogens is 3. The third-order valence-electron chi connectivity index (χ3n) is 6.96. The Morgan fingerprint density at radius 3 is 2.61 bits per heavy atom. The summed E-state index contributed by atoms with van der Waals surface area (Å²) in [5.74, 6) is -0.370. The number of benzene rings is 3. The first-order chi connectivity index (χ1) is 18.5. The molecule has 9 heteroatoms. The van der Waals surface area contributed by atoms with E-state index in [-0.39, 0.29) is 36.8 Å². The molecule has 0 bridgehead atoms. The van der Waals surface area contributed by atoms with Crippen LogP contribution in [0.5, 0.6) is 5.75 Å². The van der Waals surface area contributed by atoms with Gasteiger partial charge in [-0.2, -0.15) is 0 Å². The van der Waals surface area contributed by atoms with Crippen molar-refractivity contribution in [1.29, 1.82) is 0 Å². The average Bonchev–Trinajstić information content (AvgIpc) is 3.60. The second-order valence-electron chi connectivity index (χ2n) is 9.55. The topological polar surface area (TPSA) is 89.4 Å². The van der Waals surface area contributed by atoms with Crippen LogP contribution in [-0.4, -0.2) is 44.9 Å². The van der Waals surface area contributed by atoms with Crippen molar-refractivity contribution in [2.75, 3.05) is 7.11 Å². The van der Waals surface area contributed by atoms with Crippen LogP contribution in [0.2, 0.25) is 0 Å². The summed E-state index contributed by atoms with van der Waals surface area (Å²) in [5, 5.41) is 11.5. The molecule has 1 fully saturated rings. The van der Waals surface area contributed by atoms with Gasteiger partial charge in [0.15, 0.2) is 0 Å². The van der Waals surface area contributed by atoms with Gasteiger partial charge in [-0.05, 0) is 60.4 Å². The molecule has 0 saturated heterocycles. The lowest BCUT2D eigenvalue weighted by atomic mass is 10.0. The smallest absolute Gasteiger partial charge is 0.247 e. The molecule has 38 heavy (non-hydrogen) atoms. The second kappa shape index (κ2) is 11.4. The summed E-state index contributed by atoms with van der Waals surface area (Å²) in [4.78, 5) is 29.4. The zero-order chi connectivity index (χ0) is 26.5. The van der Waals surface area contributed by atoms with Gasteiger partial charge in [0.1, 0.15) is 29.7 Å². The molecule has 1 atom stereocenters. The molecule has 1 N–H and O–H groups in total. The zero-order valence-corrected chi connectivity index (χ0v) is 21.2. The Labute approximate surface area is 220 Å². The van der Waals surface area contributed by atoms with Crippen molar-refractivity contribution in [1.82, 2.24) is 25.2 Å². The molecule has 3 aromatic carbocycles. The molecule has 2 amide bonds. The van der Waals surface area contributed by atoms with Crippen LogP contribution in [-0.2, 0) is 22.7 Å². The van der Waals surface area contributed by atoms with E-state index >= 15 is 0 Å². The minimum atomic E-state index is -0.932. The third-order valence-corrected chi connectivity index (χ3v) is 6.96. The van der Waals surface area contributed by atoms with Gasteiger partial charge in [-0.3, -0.25) is 9.59 Å². The summed E-state index contributed by atoms with van der Waals surface area (Å²) < 4.78 is 20.6. The van der Waals surface area contributed by atoms with Crippen LogP contribution in [0.3, 0.4) is 0 Å². The van der Waals surface area contributed by atoms with Gasteiger partial charge in [-0.15, -0.1) is 5.10 Å². The number of hydrogen-bond donors (Lipinski definition) is 1. The Balaban J connectivity index is 1.54. The van der Waals surface area contributed by atoms with Gasteiger partial charge in [0.2, 0.25) is 11.8 Å². The van der Waals surface area contributed by atoms with Crippen molar-refractivity contribution >= 4 is 22.8 Å².